The molecule has 0 radical (unpaired) electrons. The lowest BCUT2D eigenvalue weighted by molar-refractivity contribution is 0.0387. The third-order valence-corrected chi connectivity index (χ3v) is 2.09. The zero-order valence-electron chi connectivity index (χ0n) is 10.1. The van der Waals surface area contributed by atoms with Crippen molar-refractivity contribution in [1.29, 1.82) is 0 Å². The van der Waals surface area contributed by atoms with Gasteiger partial charge in [0.2, 0.25) is 0 Å². The van der Waals surface area contributed by atoms with Crippen LogP contribution in [0.1, 0.15) is 25.4 Å². The van der Waals surface area contributed by atoms with Crippen molar-refractivity contribution in [3.05, 3.63) is 23.7 Å². The molecule has 0 amide bonds. The second kappa shape index (κ2) is 8.33. The Morgan fingerprint density at radius 2 is 1.88 bits per heavy atom. The summed E-state index contributed by atoms with van der Waals surface area (Å²) < 4.78 is 16.1. The highest BCUT2D eigenvalue weighted by molar-refractivity contribution is 5.06. The van der Waals surface area contributed by atoms with Crippen LogP contribution in [0.15, 0.2) is 16.5 Å². The van der Waals surface area contributed by atoms with E-state index in [4.69, 9.17) is 13.9 Å². The molecule has 1 rings (SSSR count). The van der Waals surface area contributed by atoms with Gasteiger partial charge in [-0.15, -0.1) is 0 Å². The Hall–Kier alpha value is -0.840. The third kappa shape index (κ3) is 5.30. The van der Waals surface area contributed by atoms with Crippen LogP contribution in [0, 0.1) is 0 Å². The molecule has 4 nitrogen and oxygen atoms in total. The molecule has 1 aromatic heterocycles. The van der Waals surface area contributed by atoms with Gasteiger partial charge in [0.15, 0.2) is 0 Å². The highest BCUT2D eigenvalue weighted by Gasteiger charge is 2.01. The largest absolute Gasteiger partial charge is 0.462 e. The Balaban J connectivity index is 2.14. The molecule has 0 unspecified atom stereocenters. The fraction of sp³-hybridized carbons (Fsp3) is 0.667. The molecule has 0 spiro atoms. The Morgan fingerprint density at radius 1 is 1.12 bits per heavy atom. The van der Waals surface area contributed by atoms with Gasteiger partial charge in [-0.05, 0) is 25.6 Å². The predicted molar refractivity (Wildman–Crippen MR) is 62.2 cm³/mol. The van der Waals surface area contributed by atoms with E-state index in [9.17, 15) is 0 Å². The van der Waals surface area contributed by atoms with Crippen LogP contribution in [-0.4, -0.2) is 26.4 Å². The summed E-state index contributed by atoms with van der Waals surface area (Å²) in [6.45, 7) is 8.26. The molecule has 0 aromatic carbocycles. The minimum Gasteiger partial charge on any atom is -0.462 e. The summed E-state index contributed by atoms with van der Waals surface area (Å²) in [6.07, 6.45) is 0. The number of hydrogen-bond donors (Lipinski definition) is 1. The van der Waals surface area contributed by atoms with Crippen molar-refractivity contribution in [3.8, 4) is 0 Å². The summed E-state index contributed by atoms with van der Waals surface area (Å²) >= 11 is 0. The first kappa shape index (κ1) is 13.2. The van der Waals surface area contributed by atoms with Gasteiger partial charge in [-0.1, -0.05) is 6.92 Å². The summed E-state index contributed by atoms with van der Waals surface area (Å²) in [4.78, 5) is 0. The molecule has 1 aromatic rings. The minimum atomic E-state index is 0.513. The van der Waals surface area contributed by atoms with Crippen molar-refractivity contribution < 1.29 is 13.9 Å². The van der Waals surface area contributed by atoms with Crippen LogP contribution in [0.5, 0.6) is 0 Å². The van der Waals surface area contributed by atoms with E-state index in [2.05, 4.69) is 12.2 Å². The number of furan rings is 1. The van der Waals surface area contributed by atoms with Crippen LogP contribution in [0.3, 0.4) is 0 Å². The second-order valence-electron chi connectivity index (χ2n) is 3.40. The van der Waals surface area contributed by atoms with Crippen LogP contribution in [0.2, 0.25) is 0 Å². The van der Waals surface area contributed by atoms with Crippen LogP contribution >= 0.6 is 0 Å². The molecular weight excluding hydrogens is 206 g/mol. The molecule has 16 heavy (non-hydrogen) atoms. The number of rotatable bonds is 9. The van der Waals surface area contributed by atoms with Gasteiger partial charge in [0.1, 0.15) is 18.1 Å². The van der Waals surface area contributed by atoms with Gasteiger partial charge < -0.3 is 19.2 Å². The number of hydrogen-bond acceptors (Lipinski definition) is 4. The van der Waals surface area contributed by atoms with Gasteiger partial charge in [-0.25, -0.2) is 0 Å². The number of nitrogens with one attached hydrogen (secondary N) is 1. The van der Waals surface area contributed by atoms with Gasteiger partial charge in [0, 0.05) is 6.61 Å². The molecule has 4 heteroatoms. The average molecular weight is 227 g/mol. The minimum absolute atomic E-state index is 0.513. The van der Waals surface area contributed by atoms with E-state index < -0.39 is 0 Å². The van der Waals surface area contributed by atoms with Crippen LogP contribution in [0.4, 0.5) is 0 Å². The van der Waals surface area contributed by atoms with E-state index in [1.54, 1.807) is 0 Å². The molecule has 0 bridgehead atoms. The summed E-state index contributed by atoms with van der Waals surface area (Å²) in [5.74, 6) is 1.81. The van der Waals surface area contributed by atoms with E-state index in [0.29, 0.717) is 19.8 Å². The molecule has 0 aliphatic carbocycles. The maximum Gasteiger partial charge on any atom is 0.129 e. The van der Waals surface area contributed by atoms with Crippen LogP contribution < -0.4 is 5.32 Å². The van der Waals surface area contributed by atoms with Crippen molar-refractivity contribution in [2.24, 2.45) is 0 Å². The second-order valence-corrected chi connectivity index (χ2v) is 3.40. The van der Waals surface area contributed by atoms with E-state index in [0.717, 1.165) is 31.2 Å². The molecule has 0 aliphatic heterocycles. The topological polar surface area (TPSA) is 43.6 Å². The van der Waals surface area contributed by atoms with Gasteiger partial charge in [0.05, 0.1) is 19.8 Å². The van der Waals surface area contributed by atoms with E-state index in [1.807, 2.05) is 19.1 Å². The fourth-order valence-corrected chi connectivity index (χ4v) is 1.28. The molecule has 0 saturated carbocycles. The van der Waals surface area contributed by atoms with Crippen molar-refractivity contribution in [2.45, 2.75) is 27.0 Å². The van der Waals surface area contributed by atoms with Gasteiger partial charge >= 0.3 is 0 Å². The Kier molecular flexibility index (Phi) is 6.88. The van der Waals surface area contributed by atoms with Crippen molar-refractivity contribution in [1.82, 2.24) is 5.32 Å². The lowest BCUT2D eigenvalue weighted by atomic mass is 10.4. The lowest BCUT2D eigenvalue weighted by Crippen LogP contribution is -2.10. The normalized spacial score (nSPS) is 10.9. The predicted octanol–water partition coefficient (Wildman–Crippen LogP) is 1.94. The molecule has 92 valence electrons. The van der Waals surface area contributed by atoms with Crippen molar-refractivity contribution in [2.75, 3.05) is 26.4 Å². The summed E-state index contributed by atoms with van der Waals surface area (Å²) in [5, 5.41) is 3.21. The maximum absolute atomic E-state index is 5.56. The smallest absolute Gasteiger partial charge is 0.129 e. The summed E-state index contributed by atoms with van der Waals surface area (Å²) in [6, 6.07) is 3.93. The highest BCUT2D eigenvalue weighted by atomic mass is 16.5. The van der Waals surface area contributed by atoms with E-state index in [-0.39, 0.29) is 0 Å². The first-order chi connectivity index (χ1) is 7.86. The molecule has 0 aliphatic rings. The van der Waals surface area contributed by atoms with Gasteiger partial charge in [-0.2, -0.15) is 0 Å². The van der Waals surface area contributed by atoms with Crippen LogP contribution in [0.25, 0.3) is 0 Å². The van der Waals surface area contributed by atoms with Crippen LogP contribution in [-0.2, 0) is 22.6 Å². The number of ether oxygens (including phenoxy) is 2. The maximum atomic E-state index is 5.56. The highest BCUT2D eigenvalue weighted by Crippen LogP contribution is 2.08. The Labute approximate surface area is 96.9 Å². The van der Waals surface area contributed by atoms with Crippen molar-refractivity contribution >= 4 is 0 Å². The molecule has 1 heterocycles. The molecule has 0 atom stereocenters. The first-order valence-electron chi connectivity index (χ1n) is 5.80. The summed E-state index contributed by atoms with van der Waals surface area (Å²) in [5.41, 5.74) is 0. The SMILES string of the molecule is CCNCc1ccc(COCCOCC)o1. The van der Waals surface area contributed by atoms with Gasteiger partial charge in [-0.3, -0.25) is 0 Å². The zero-order chi connectivity index (χ0) is 11.6. The van der Waals surface area contributed by atoms with Gasteiger partial charge in [0.25, 0.3) is 0 Å². The lowest BCUT2D eigenvalue weighted by Gasteiger charge is -2.02. The molecular formula is C12H21NO3. The monoisotopic (exact) mass is 227 g/mol. The fourth-order valence-electron chi connectivity index (χ4n) is 1.28. The van der Waals surface area contributed by atoms with Crippen molar-refractivity contribution in [3.63, 3.8) is 0 Å². The summed E-state index contributed by atoms with van der Waals surface area (Å²) in [7, 11) is 0. The standard InChI is InChI=1S/C12H21NO3/c1-3-13-9-11-5-6-12(16-11)10-15-8-7-14-4-2/h5-6,13H,3-4,7-10H2,1-2H3. The zero-order valence-corrected chi connectivity index (χ0v) is 10.1. The average Bonchev–Trinajstić information content (AvgIpc) is 2.74. The first-order valence-corrected chi connectivity index (χ1v) is 5.80. The Bertz CT molecular complexity index is 273. The Morgan fingerprint density at radius 3 is 2.62 bits per heavy atom. The molecule has 0 saturated heterocycles. The third-order valence-electron chi connectivity index (χ3n) is 2.09. The molecule has 0 fully saturated rings. The van der Waals surface area contributed by atoms with E-state index in [1.165, 1.54) is 0 Å². The molecule has 1 N–H and O–H groups in total. The van der Waals surface area contributed by atoms with E-state index >= 15 is 0 Å². The quantitative estimate of drug-likeness (QED) is 0.655.